The lowest BCUT2D eigenvalue weighted by atomic mass is 10.1. The van der Waals surface area contributed by atoms with Gasteiger partial charge in [-0.1, -0.05) is 19.2 Å². The van der Waals surface area contributed by atoms with E-state index in [-0.39, 0.29) is 0 Å². The molecule has 0 bridgehead atoms. The van der Waals surface area contributed by atoms with Crippen molar-refractivity contribution in [1.29, 1.82) is 0 Å². The maximum absolute atomic E-state index is 8.20. The standard InChI is InChI=1S/C7H11NO/c1-4-7(5-8-9)6(2)3/h4-5,8-9H,1-2H2,3H3/b7-5+. The van der Waals surface area contributed by atoms with Crippen LogP contribution in [0.3, 0.4) is 0 Å². The maximum Gasteiger partial charge on any atom is 0.0315 e. The third-order valence-electron chi connectivity index (χ3n) is 0.933. The molecular weight excluding hydrogens is 114 g/mol. The van der Waals surface area contributed by atoms with Gasteiger partial charge in [0.25, 0.3) is 0 Å². The number of allylic oxidation sites excluding steroid dienone is 3. The van der Waals surface area contributed by atoms with Gasteiger partial charge in [0.1, 0.15) is 0 Å². The van der Waals surface area contributed by atoms with Gasteiger partial charge >= 0.3 is 0 Å². The largest absolute Gasteiger partial charge is 0.292 e. The van der Waals surface area contributed by atoms with Crippen LogP contribution in [0.2, 0.25) is 0 Å². The Kier molecular flexibility index (Phi) is 3.48. The smallest absolute Gasteiger partial charge is 0.0315 e. The molecule has 0 aromatic heterocycles. The molecule has 0 saturated carbocycles. The average Bonchev–Trinajstić information content (AvgIpc) is 1.82. The van der Waals surface area contributed by atoms with Gasteiger partial charge in [0.2, 0.25) is 0 Å². The second-order valence-electron chi connectivity index (χ2n) is 1.71. The molecule has 9 heavy (non-hydrogen) atoms. The number of rotatable bonds is 3. The molecule has 0 radical (unpaired) electrons. The summed E-state index contributed by atoms with van der Waals surface area (Å²) >= 11 is 0. The fourth-order valence-corrected chi connectivity index (χ4v) is 0.426. The summed E-state index contributed by atoms with van der Waals surface area (Å²) in [5, 5.41) is 8.20. The quantitative estimate of drug-likeness (QED) is 0.443. The highest BCUT2D eigenvalue weighted by molar-refractivity contribution is 5.34. The molecule has 0 spiro atoms. The monoisotopic (exact) mass is 125 g/mol. The third-order valence-corrected chi connectivity index (χ3v) is 0.933. The van der Waals surface area contributed by atoms with Gasteiger partial charge in [-0.2, -0.15) is 0 Å². The highest BCUT2D eigenvalue weighted by atomic mass is 16.5. The molecule has 0 aromatic carbocycles. The molecular formula is C7H11NO. The van der Waals surface area contributed by atoms with E-state index in [0.717, 1.165) is 11.1 Å². The van der Waals surface area contributed by atoms with Crippen molar-refractivity contribution in [3.8, 4) is 0 Å². The summed E-state index contributed by atoms with van der Waals surface area (Å²) in [6.45, 7) is 9.01. The van der Waals surface area contributed by atoms with E-state index < -0.39 is 0 Å². The zero-order valence-electron chi connectivity index (χ0n) is 5.52. The molecule has 2 N–H and O–H groups in total. The minimum absolute atomic E-state index is 0.803. The lowest BCUT2D eigenvalue weighted by Gasteiger charge is -1.96. The molecule has 0 fully saturated rings. The van der Waals surface area contributed by atoms with Crippen LogP contribution >= 0.6 is 0 Å². The number of hydrogen-bond donors (Lipinski definition) is 2. The van der Waals surface area contributed by atoms with E-state index in [4.69, 9.17) is 5.21 Å². The first-order valence-electron chi connectivity index (χ1n) is 2.60. The van der Waals surface area contributed by atoms with Gasteiger partial charge in [-0.3, -0.25) is 10.7 Å². The van der Waals surface area contributed by atoms with Crippen molar-refractivity contribution in [2.75, 3.05) is 0 Å². The molecule has 0 aliphatic heterocycles. The van der Waals surface area contributed by atoms with Crippen LogP contribution < -0.4 is 5.48 Å². The number of hydrogen-bond acceptors (Lipinski definition) is 2. The minimum atomic E-state index is 0.803. The van der Waals surface area contributed by atoms with Crippen LogP contribution in [-0.4, -0.2) is 5.21 Å². The normalized spacial score (nSPS) is 10.7. The first-order valence-corrected chi connectivity index (χ1v) is 2.60. The Morgan fingerprint density at radius 3 is 2.33 bits per heavy atom. The Morgan fingerprint density at radius 1 is 1.67 bits per heavy atom. The van der Waals surface area contributed by atoms with Gasteiger partial charge in [0, 0.05) is 6.20 Å². The summed E-state index contributed by atoms with van der Waals surface area (Å²) < 4.78 is 0. The Balaban J connectivity index is 4.14. The fourth-order valence-electron chi connectivity index (χ4n) is 0.426. The third kappa shape index (κ3) is 2.72. The molecule has 0 amide bonds. The van der Waals surface area contributed by atoms with E-state index >= 15 is 0 Å². The van der Waals surface area contributed by atoms with Crippen LogP contribution in [0.25, 0.3) is 0 Å². The lowest BCUT2D eigenvalue weighted by molar-refractivity contribution is 0.214. The van der Waals surface area contributed by atoms with Crippen molar-refractivity contribution in [1.82, 2.24) is 5.48 Å². The van der Waals surface area contributed by atoms with Crippen LogP contribution in [-0.2, 0) is 0 Å². The van der Waals surface area contributed by atoms with E-state index in [9.17, 15) is 0 Å². The molecule has 0 aromatic rings. The minimum Gasteiger partial charge on any atom is -0.292 e. The zero-order valence-corrected chi connectivity index (χ0v) is 5.52. The van der Waals surface area contributed by atoms with Crippen LogP contribution in [0.1, 0.15) is 6.92 Å². The van der Waals surface area contributed by atoms with Crippen molar-refractivity contribution in [2.45, 2.75) is 6.92 Å². The molecule has 0 rings (SSSR count). The summed E-state index contributed by atoms with van der Waals surface area (Å²) in [5.74, 6) is 0. The highest BCUT2D eigenvalue weighted by Crippen LogP contribution is 2.04. The fraction of sp³-hybridized carbons (Fsp3) is 0.143. The Hall–Kier alpha value is -1.02. The lowest BCUT2D eigenvalue weighted by Crippen LogP contribution is -1.96. The summed E-state index contributed by atoms with van der Waals surface area (Å²) in [6, 6.07) is 0. The van der Waals surface area contributed by atoms with Crippen LogP contribution in [0.4, 0.5) is 0 Å². The van der Waals surface area contributed by atoms with Crippen LogP contribution in [0.15, 0.2) is 36.6 Å². The first-order chi connectivity index (χ1) is 4.22. The molecule has 0 aliphatic rings. The van der Waals surface area contributed by atoms with Crippen molar-refractivity contribution in [3.63, 3.8) is 0 Å². The highest BCUT2D eigenvalue weighted by Gasteiger charge is 1.87. The predicted octanol–water partition coefficient (Wildman–Crippen LogP) is 1.61. The van der Waals surface area contributed by atoms with E-state index in [0.29, 0.717) is 0 Å². The molecule has 2 heteroatoms. The summed E-state index contributed by atoms with van der Waals surface area (Å²) in [6.07, 6.45) is 3.04. The van der Waals surface area contributed by atoms with Crippen LogP contribution in [0, 0.1) is 0 Å². The van der Waals surface area contributed by atoms with E-state index in [1.54, 1.807) is 6.08 Å². The zero-order chi connectivity index (χ0) is 7.28. The van der Waals surface area contributed by atoms with Gasteiger partial charge in [-0.25, -0.2) is 0 Å². The molecule has 0 saturated heterocycles. The van der Waals surface area contributed by atoms with E-state index in [2.05, 4.69) is 13.2 Å². The molecule has 0 atom stereocenters. The number of nitrogens with one attached hydrogen (secondary N) is 1. The first kappa shape index (κ1) is 7.98. The summed E-state index contributed by atoms with van der Waals surface area (Å²) in [5.41, 5.74) is 3.58. The van der Waals surface area contributed by atoms with Crippen molar-refractivity contribution >= 4 is 0 Å². The van der Waals surface area contributed by atoms with Crippen molar-refractivity contribution in [2.24, 2.45) is 0 Å². The van der Waals surface area contributed by atoms with Gasteiger partial charge in [0.05, 0.1) is 0 Å². The Bertz CT molecular complexity index is 147. The topological polar surface area (TPSA) is 32.3 Å². The van der Waals surface area contributed by atoms with E-state index in [1.807, 2.05) is 12.4 Å². The van der Waals surface area contributed by atoms with Crippen LogP contribution in [0.5, 0.6) is 0 Å². The molecule has 0 heterocycles. The summed E-state index contributed by atoms with van der Waals surface area (Å²) in [4.78, 5) is 0. The van der Waals surface area contributed by atoms with Crippen molar-refractivity contribution < 1.29 is 5.21 Å². The predicted molar refractivity (Wildman–Crippen MR) is 38.0 cm³/mol. The SMILES string of the molecule is C=C/C(=C\NO)C(=C)C. The molecule has 50 valence electrons. The Labute approximate surface area is 55.2 Å². The molecule has 0 unspecified atom stereocenters. The maximum atomic E-state index is 8.20. The molecule has 0 aliphatic carbocycles. The van der Waals surface area contributed by atoms with Gasteiger partial charge in [-0.15, -0.1) is 0 Å². The second kappa shape index (κ2) is 3.92. The van der Waals surface area contributed by atoms with Gasteiger partial charge < -0.3 is 0 Å². The second-order valence-corrected chi connectivity index (χ2v) is 1.71. The van der Waals surface area contributed by atoms with E-state index in [1.165, 1.54) is 6.20 Å². The number of hydroxylamine groups is 1. The average molecular weight is 125 g/mol. The van der Waals surface area contributed by atoms with Gasteiger partial charge in [-0.05, 0) is 18.1 Å². The Morgan fingerprint density at radius 2 is 2.22 bits per heavy atom. The van der Waals surface area contributed by atoms with Gasteiger partial charge in [0.15, 0.2) is 0 Å². The van der Waals surface area contributed by atoms with Crippen molar-refractivity contribution in [3.05, 3.63) is 36.6 Å². The summed E-state index contributed by atoms with van der Waals surface area (Å²) in [7, 11) is 0. The molecule has 2 nitrogen and oxygen atoms in total.